The average Bonchev–Trinajstić information content (AvgIpc) is 2.46. The van der Waals surface area contributed by atoms with Crippen LogP contribution in [0, 0.1) is 0 Å². The lowest BCUT2D eigenvalue weighted by Crippen LogP contribution is -2.56. The molecule has 20 heavy (non-hydrogen) atoms. The first-order chi connectivity index (χ1) is 9.59. The Morgan fingerprint density at radius 1 is 1.30 bits per heavy atom. The van der Waals surface area contributed by atoms with Crippen LogP contribution in [-0.4, -0.2) is 54.4 Å². The topological polar surface area (TPSA) is 49.9 Å². The lowest BCUT2D eigenvalue weighted by molar-refractivity contribution is -0.149. The Bertz CT molecular complexity index is 475. The standard InChI is InChI=1S/C15H20N2O3/c1-12-15(19)16(2)9-10-17(12)14(18)8-11-20-13-6-4-3-5-7-13/h3-7,12H,8-11H2,1-2H3. The normalized spacial score (nSPS) is 19.1. The molecule has 1 aromatic carbocycles. The summed E-state index contributed by atoms with van der Waals surface area (Å²) in [5.74, 6) is 0.714. The molecule has 2 amide bonds. The van der Waals surface area contributed by atoms with Crippen molar-refractivity contribution in [2.24, 2.45) is 0 Å². The highest BCUT2D eigenvalue weighted by atomic mass is 16.5. The summed E-state index contributed by atoms with van der Waals surface area (Å²) in [4.78, 5) is 27.3. The van der Waals surface area contributed by atoms with Crippen molar-refractivity contribution in [3.63, 3.8) is 0 Å². The van der Waals surface area contributed by atoms with Gasteiger partial charge < -0.3 is 14.5 Å². The molecule has 5 heteroatoms. The average molecular weight is 276 g/mol. The molecule has 0 radical (unpaired) electrons. The Labute approximate surface area is 119 Å². The molecule has 2 rings (SSSR count). The van der Waals surface area contributed by atoms with Crippen molar-refractivity contribution in [3.8, 4) is 5.75 Å². The van der Waals surface area contributed by atoms with Gasteiger partial charge in [-0.3, -0.25) is 9.59 Å². The summed E-state index contributed by atoms with van der Waals surface area (Å²) >= 11 is 0. The first-order valence-corrected chi connectivity index (χ1v) is 6.82. The molecule has 1 fully saturated rings. The highest BCUT2D eigenvalue weighted by Crippen LogP contribution is 2.12. The number of likely N-dealkylation sites (N-methyl/N-ethyl adjacent to an activating group) is 1. The van der Waals surface area contributed by atoms with Gasteiger partial charge in [0.15, 0.2) is 0 Å². The number of hydrogen-bond acceptors (Lipinski definition) is 3. The van der Waals surface area contributed by atoms with Crippen LogP contribution >= 0.6 is 0 Å². The van der Waals surface area contributed by atoms with Crippen LogP contribution < -0.4 is 4.74 Å². The second-order valence-electron chi connectivity index (χ2n) is 4.93. The maximum Gasteiger partial charge on any atom is 0.244 e. The summed E-state index contributed by atoms with van der Waals surface area (Å²) in [6.45, 7) is 3.28. The zero-order valence-electron chi connectivity index (χ0n) is 11.9. The molecule has 1 heterocycles. The van der Waals surface area contributed by atoms with Crippen LogP contribution in [0.4, 0.5) is 0 Å². The second kappa shape index (κ2) is 6.41. The Kier molecular flexibility index (Phi) is 4.61. The summed E-state index contributed by atoms with van der Waals surface area (Å²) in [6.07, 6.45) is 0.288. The minimum atomic E-state index is -0.377. The predicted octanol–water partition coefficient (Wildman–Crippen LogP) is 1.14. The third-order valence-electron chi connectivity index (χ3n) is 3.53. The van der Waals surface area contributed by atoms with E-state index in [9.17, 15) is 9.59 Å². The SMILES string of the molecule is CC1C(=O)N(C)CCN1C(=O)CCOc1ccccc1. The summed E-state index contributed by atoms with van der Waals surface area (Å²) in [6, 6.07) is 9.02. The van der Waals surface area contributed by atoms with Crippen molar-refractivity contribution in [1.29, 1.82) is 0 Å². The Morgan fingerprint density at radius 2 is 2.00 bits per heavy atom. The third kappa shape index (κ3) is 3.29. The Morgan fingerprint density at radius 3 is 2.70 bits per heavy atom. The molecule has 1 aliphatic heterocycles. The molecule has 1 saturated heterocycles. The molecule has 1 atom stereocenters. The smallest absolute Gasteiger partial charge is 0.244 e. The van der Waals surface area contributed by atoms with E-state index in [-0.39, 0.29) is 24.3 Å². The number of carbonyl (C=O) groups is 2. The van der Waals surface area contributed by atoms with Crippen molar-refractivity contribution in [2.75, 3.05) is 26.7 Å². The van der Waals surface area contributed by atoms with E-state index >= 15 is 0 Å². The van der Waals surface area contributed by atoms with Crippen LogP contribution in [0.25, 0.3) is 0 Å². The molecular weight excluding hydrogens is 256 g/mol. The van der Waals surface area contributed by atoms with Crippen molar-refractivity contribution < 1.29 is 14.3 Å². The van der Waals surface area contributed by atoms with Gasteiger partial charge in [-0.25, -0.2) is 0 Å². The first kappa shape index (κ1) is 14.4. The number of piperazine rings is 1. The summed E-state index contributed by atoms with van der Waals surface area (Å²) < 4.78 is 5.51. The lowest BCUT2D eigenvalue weighted by atomic mass is 10.1. The number of benzene rings is 1. The van der Waals surface area contributed by atoms with Crippen molar-refractivity contribution >= 4 is 11.8 Å². The van der Waals surface area contributed by atoms with Crippen molar-refractivity contribution in [1.82, 2.24) is 9.80 Å². The molecule has 0 spiro atoms. The van der Waals surface area contributed by atoms with Gasteiger partial charge in [0.2, 0.25) is 11.8 Å². The molecule has 0 aromatic heterocycles. The summed E-state index contributed by atoms with van der Waals surface area (Å²) in [7, 11) is 1.76. The van der Waals surface area contributed by atoms with Gasteiger partial charge >= 0.3 is 0 Å². The molecule has 5 nitrogen and oxygen atoms in total. The van der Waals surface area contributed by atoms with E-state index in [1.54, 1.807) is 23.8 Å². The van der Waals surface area contributed by atoms with E-state index in [0.29, 0.717) is 19.7 Å². The fourth-order valence-electron chi connectivity index (χ4n) is 2.27. The predicted molar refractivity (Wildman–Crippen MR) is 75.4 cm³/mol. The van der Waals surface area contributed by atoms with E-state index in [1.807, 2.05) is 30.3 Å². The van der Waals surface area contributed by atoms with E-state index < -0.39 is 0 Å². The third-order valence-corrected chi connectivity index (χ3v) is 3.53. The molecule has 0 saturated carbocycles. The quantitative estimate of drug-likeness (QED) is 0.828. The fourth-order valence-corrected chi connectivity index (χ4v) is 2.27. The molecule has 108 valence electrons. The van der Waals surface area contributed by atoms with Crippen LogP contribution in [0.3, 0.4) is 0 Å². The van der Waals surface area contributed by atoms with E-state index in [2.05, 4.69) is 0 Å². The van der Waals surface area contributed by atoms with E-state index in [4.69, 9.17) is 4.74 Å². The highest BCUT2D eigenvalue weighted by Gasteiger charge is 2.32. The Hall–Kier alpha value is -2.04. The van der Waals surface area contributed by atoms with Crippen LogP contribution in [0.2, 0.25) is 0 Å². The van der Waals surface area contributed by atoms with E-state index in [0.717, 1.165) is 5.75 Å². The van der Waals surface area contributed by atoms with Gasteiger partial charge in [0, 0.05) is 20.1 Å². The molecule has 0 aliphatic carbocycles. The zero-order chi connectivity index (χ0) is 14.5. The van der Waals surface area contributed by atoms with Gasteiger partial charge in [0.25, 0.3) is 0 Å². The molecular formula is C15H20N2O3. The number of ether oxygens (including phenoxy) is 1. The summed E-state index contributed by atoms with van der Waals surface area (Å²) in [5, 5.41) is 0. The monoisotopic (exact) mass is 276 g/mol. The number of carbonyl (C=O) groups excluding carboxylic acids is 2. The molecule has 1 aliphatic rings. The van der Waals surface area contributed by atoms with Gasteiger partial charge in [-0.05, 0) is 19.1 Å². The lowest BCUT2D eigenvalue weighted by Gasteiger charge is -2.37. The van der Waals surface area contributed by atoms with Gasteiger partial charge in [0.1, 0.15) is 11.8 Å². The Balaban J connectivity index is 1.81. The van der Waals surface area contributed by atoms with Crippen LogP contribution in [0.5, 0.6) is 5.75 Å². The largest absolute Gasteiger partial charge is 0.493 e. The number of amides is 2. The van der Waals surface area contributed by atoms with Gasteiger partial charge in [-0.1, -0.05) is 18.2 Å². The number of nitrogens with zero attached hydrogens (tertiary/aromatic N) is 2. The van der Waals surface area contributed by atoms with Crippen LogP contribution in [0.15, 0.2) is 30.3 Å². The molecule has 1 aromatic rings. The van der Waals surface area contributed by atoms with Crippen molar-refractivity contribution in [2.45, 2.75) is 19.4 Å². The number of rotatable bonds is 4. The summed E-state index contributed by atoms with van der Waals surface area (Å²) in [5.41, 5.74) is 0. The zero-order valence-corrected chi connectivity index (χ0v) is 11.9. The molecule has 0 bridgehead atoms. The highest BCUT2D eigenvalue weighted by molar-refractivity contribution is 5.88. The maximum absolute atomic E-state index is 12.1. The van der Waals surface area contributed by atoms with Gasteiger partial charge in [-0.2, -0.15) is 0 Å². The molecule has 0 N–H and O–H groups in total. The van der Waals surface area contributed by atoms with Crippen molar-refractivity contribution in [3.05, 3.63) is 30.3 Å². The maximum atomic E-state index is 12.1. The minimum absolute atomic E-state index is 0.00595. The number of para-hydroxylation sites is 1. The van der Waals surface area contributed by atoms with Gasteiger partial charge in [-0.15, -0.1) is 0 Å². The van der Waals surface area contributed by atoms with Crippen LogP contribution in [0.1, 0.15) is 13.3 Å². The van der Waals surface area contributed by atoms with Crippen LogP contribution in [-0.2, 0) is 9.59 Å². The second-order valence-corrected chi connectivity index (χ2v) is 4.93. The molecule has 1 unspecified atom stereocenters. The fraction of sp³-hybridized carbons (Fsp3) is 0.467. The van der Waals surface area contributed by atoms with Gasteiger partial charge in [0.05, 0.1) is 13.0 Å². The number of hydrogen-bond donors (Lipinski definition) is 0. The first-order valence-electron chi connectivity index (χ1n) is 6.82. The minimum Gasteiger partial charge on any atom is -0.493 e. The van der Waals surface area contributed by atoms with E-state index in [1.165, 1.54) is 0 Å².